The van der Waals surface area contributed by atoms with E-state index in [0.717, 1.165) is 22.5 Å². The molecule has 0 bridgehead atoms. The van der Waals surface area contributed by atoms with E-state index >= 15 is 0 Å². The highest BCUT2D eigenvalue weighted by atomic mass is 35.5. The van der Waals surface area contributed by atoms with Gasteiger partial charge in [-0.25, -0.2) is 0 Å². The molecule has 0 aliphatic carbocycles. The maximum atomic E-state index is 12.0. The summed E-state index contributed by atoms with van der Waals surface area (Å²) in [5.41, 5.74) is 3.28. The number of carbonyl (C=O) groups is 2. The first kappa shape index (κ1) is 21.0. The van der Waals surface area contributed by atoms with Gasteiger partial charge in [-0.1, -0.05) is 44.8 Å². The fraction of sp³-hybridized carbons (Fsp3) is 0.222. The normalized spacial score (nSPS) is 10.5. The molecule has 0 heterocycles. The van der Waals surface area contributed by atoms with E-state index in [2.05, 4.69) is 10.6 Å². The second kappa shape index (κ2) is 10.1. The summed E-state index contributed by atoms with van der Waals surface area (Å²) >= 11 is 11.8. The quantitative estimate of drug-likeness (QED) is 0.446. The first-order chi connectivity index (χ1) is 12.3. The molecule has 0 atom stereocenters. The Balaban J connectivity index is 1.70. The number of rotatable bonds is 7. The molecule has 0 saturated heterocycles. The molecule has 0 unspecified atom stereocenters. The lowest BCUT2D eigenvalue weighted by Crippen LogP contribution is -2.16. The minimum absolute atomic E-state index is 0.123. The molecule has 0 aromatic heterocycles. The van der Waals surface area contributed by atoms with Crippen LogP contribution in [-0.4, -0.2) is 23.3 Å². The van der Waals surface area contributed by atoms with E-state index < -0.39 is 0 Å². The van der Waals surface area contributed by atoms with Gasteiger partial charge in [0.2, 0.25) is 11.8 Å². The van der Waals surface area contributed by atoms with Gasteiger partial charge in [-0.15, -0.1) is 0 Å². The molecule has 0 spiro atoms. The lowest BCUT2D eigenvalue weighted by molar-refractivity contribution is -0.114. The SMILES string of the molecule is Cc1cc(Cl)ccc1NC(=O)CSSCC(=O)Nc1ccc(Cl)cc1C. The number of nitrogens with one attached hydrogen (secondary N) is 2. The van der Waals surface area contributed by atoms with Crippen LogP contribution in [0.5, 0.6) is 0 Å². The summed E-state index contributed by atoms with van der Waals surface area (Å²) in [4.78, 5) is 23.9. The monoisotopic (exact) mass is 428 g/mol. The maximum Gasteiger partial charge on any atom is 0.235 e. The predicted molar refractivity (Wildman–Crippen MR) is 115 cm³/mol. The third-order valence-corrected chi connectivity index (χ3v) is 5.99. The van der Waals surface area contributed by atoms with Crippen molar-refractivity contribution in [2.24, 2.45) is 0 Å². The molecule has 26 heavy (non-hydrogen) atoms. The van der Waals surface area contributed by atoms with Gasteiger partial charge in [0.15, 0.2) is 0 Å². The van der Waals surface area contributed by atoms with Crippen molar-refractivity contribution in [3.63, 3.8) is 0 Å². The van der Waals surface area contributed by atoms with E-state index in [1.165, 1.54) is 21.6 Å². The highest BCUT2D eigenvalue weighted by molar-refractivity contribution is 8.77. The molecule has 0 fully saturated rings. The molecule has 2 aromatic rings. The number of aryl methyl sites for hydroxylation is 2. The van der Waals surface area contributed by atoms with Crippen LogP contribution in [0, 0.1) is 13.8 Å². The fourth-order valence-corrected chi connectivity index (χ4v) is 4.22. The maximum absolute atomic E-state index is 12.0. The summed E-state index contributed by atoms with van der Waals surface area (Å²) in [6.07, 6.45) is 0. The van der Waals surface area contributed by atoms with Crippen LogP contribution in [0.3, 0.4) is 0 Å². The van der Waals surface area contributed by atoms with Crippen LogP contribution in [0.25, 0.3) is 0 Å². The zero-order valence-electron chi connectivity index (χ0n) is 14.3. The molecule has 2 aromatic carbocycles. The van der Waals surface area contributed by atoms with Gasteiger partial charge in [-0.2, -0.15) is 0 Å². The number of hydrogen-bond donors (Lipinski definition) is 2. The topological polar surface area (TPSA) is 58.2 Å². The molecule has 8 heteroatoms. The van der Waals surface area contributed by atoms with Crippen LogP contribution < -0.4 is 10.6 Å². The lowest BCUT2D eigenvalue weighted by atomic mass is 10.2. The Morgan fingerprint density at radius 2 is 1.19 bits per heavy atom. The summed E-state index contributed by atoms with van der Waals surface area (Å²) in [6.45, 7) is 3.76. The molecular formula is C18H18Cl2N2O2S2. The molecule has 2 amide bonds. The number of halogens is 2. The van der Waals surface area contributed by atoms with Crippen LogP contribution in [0.4, 0.5) is 11.4 Å². The van der Waals surface area contributed by atoms with E-state index in [9.17, 15) is 9.59 Å². The summed E-state index contributed by atoms with van der Waals surface area (Å²) in [6, 6.07) is 10.6. The van der Waals surface area contributed by atoms with Gasteiger partial charge in [0.1, 0.15) is 0 Å². The van der Waals surface area contributed by atoms with Crippen molar-refractivity contribution < 1.29 is 9.59 Å². The Bertz CT molecular complexity index is 748. The summed E-state index contributed by atoms with van der Waals surface area (Å²) in [5, 5.41) is 6.93. The highest BCUT2D eigenvalue weighted by Gasteiger charge is 2.08. The summed E-state index contributed by atoms with van der Waals surface area (Å²) < 4.78 is 0. The highest BCUT2D eigenvalue weighted by Crippen LogP contribution is 2.24. The van der Waals surface area contributed by atoms with E-state index in [-0.39, 0.29) is 23.3 Å². The van der Waals surface area contributed by atoms with Crippen molar-refractivity contribution in [3.05, 3.63) is 57.6 Å². The fourth-order valence-electron chi connectivity index (χ4n) is 2.10. The van der Waals surface area contributed by atoms with Crippen molar-refractivity contribution >= 4 is 68.0 Å². The zero-order valence-corrected chi connectivity index (χ0v) is 17.4. The molecule has 0 aliphatic rings. The number of benzene rings is 2. The predicted octanol–water partition coefficient (Wildman–Crippen LogP) is 5.57. The largest absolute Gasteiger partial charge is 0.325 e. The van der Waals surface area contributed by atoms with E-state index in [0.29, 0.717) is 10.0 Å². The molecule has 0 aliphatic heterocycles. The van der Waals surface area contributed by atoms with Gasteiger partial charge in [0.25, 0.3) is 0 Å². The minimum Gasteiger partial charge on any atom is -0.325 e. The Kier molecular flexibility index (Phi) is 8.15. The van der Waals surface area contributed by atoms with Crippen LogP contribution in [-0.2, 0) is 9.59 Å². The van der Waals surface area contributed by atoms with E-state index in [4.69, 9.17) is 23.2 Å². The third-order valence-electron chi connectivity index (χ3n) is 3.39. The molecule has 2 N–H and O–H groups in total. The number of hydrogen-bond acceptors (Lipinski definition) is 4. The Morgan fingerprint density at radius 1 is 0.808 bits per heavy atom. The number of anilines is 2. The van der Waals surface area contributed by atoms with Gasteiger partial charge in [0, 0.05) is 21.4 Å². The van der Waals surface area contributed by atoms with Crippen LogP contribution in [0.15, 0.2) is 36.4 Å². The first-order valence-corrected chi connectivity index (χ1v) is 11.0. The smallest absolute Gasteiger partial charge is 0.235 e. The first-order valence-electron chi connectivity index (χ1n) is 7.71. The zero-order chi connectivity index (χ0) is 19.1. The van der Waals surface area contributed by atoms with Crippen LogP contribution >= 0.6 is 44.8 Å². The summed E-state index contributed by atoms with van der Waals surface area (Å²) in [7, 11) is 2.66. The van der Waals surface area contributed by atoms with Gasteiger partial charge in [0.05, 0.1) is 11.5 Å². The van der Waals surface area contributed by atoms with Crippen molar-refractivity contribution in [1.29, 1.82) is 0 Å². The second-order valence-electron chi connectivity index (χ2n) is 5.54. The third kappa shape index (κ3) is 6.76. The van der Waals surface area contributed by atoms with Gasteiger partial charge in [-0.05, 0) is 61.4 Å². The molecule has 0 radical (unpaired) electrons. The molecule has 2 rings (SSSR count). The number of amides is 2. The van der Waals surface area contributed by atoms with Crippen molar-refractivity contribution in [2.75, 3.05) is 22.1 Å². The van der Waals surface area contributed by atoms with Gasteiger partial charge in [-0.3, -0.25) is 9.59 Å². The van der Waals surface area contributed by atoms with Gasteiger partial charge >= 0.3 is 0 Å². The van der Waals surface area contributed by atoms with Crippen LogP contribution in [0.1, 0.15) is 11.1 Å². The standard InChI is InChI=1S/C18H18Cl2N2O2S2/c1-11-7-13(19)3-5-15(11)21-17(23)9-25-26-10-18(24)22-16-6-4-14(20)8-12(16)2/h3-8H,9-10H2,1-2H3,(H,21,23)(H,22,24). The Hall–Kier alpha value is -1.34. The van der Waals surface area contributed by atoms with Crippen molar-refractivity contribution in [3.8, 4) is 0 Å². The molecule has 4 nitrogen and oxygen atoms in total. The number of carbonyl (C=O) groups excluding carboxylic acids is 2. The summed E-state index contributed by atoms with van der Waals surface area (Å²) in [5.74, 6) is 0.253. The van der Waals surface area contributed by atoms with Crippen molar-refractivity contribution in [2.45, 2.75) is 13.8 Å². The average Bonchev–Trinajstić information content (AvgIpc) is 2.57. The van der Waals surface area contributed by atoms with Crippen LogP contribution in [0.2, 0.25) is 10.0 Å². The van der Waals surface area contributed by atoms with Crippen molar-refractivity contribution in [1.82, 2.24) is 0 Å². The van der Waals surface area contributed by atoms with E-state index in [1.54, 1.807) is 36.4 Å². The molecular weight excluding hydrogens is 411 g/mol. The molecule has 138 valence electrons. The average molecular weight is 429 g/mol. The minimum atomic E-state index is -0.123. The molecule has 0 saturated carbocycles. The van der Waals surface area contributed by atoms with E-state index in [1.807, 2.05) is 13.8 Å². The van der Waals surface area contributed by atoms with Gasteiger partial charge < -0.3 is 10.6 Å². The Morgan fingerprint density at radius 3 is 1.54 bits per heavy atom. The Labute approximate surface area is 170 Å². The lowest BCUT2D eigenvalue weighted by Gasteiger charge is -2.09. The second-order valence-corrected chi connectivity index (χ2v) is 8.88.